The van der Waals surface area contributed by atoms with Crippen LogP contribution in [0.15, 0.2) is 54.6 Å². The van der Waals surface area contributed by atoms with Gasteiger partial charge in [-0.05, 0) is 31.5 Å². The third kappa shape index (κ3) is 6.28. The first-order valence-electron chi connectivity index (χ1n) is 11.2. The minimum atomic E-state index is -5.11. The standard InChI is InChI=1S/C25H27F3N4O4/c1-24(2,18-6-4-3-5-7-18)23(35)32-12-13-36-15-19(32)14-30-21(33)17-10-8-16(9-11-17)20(29)31-22(34)25(26,27)28/h3-11,19H,12-15H2,1-2H3,(H,30,33)(H2,29,31,34). The number of nitrogens with one attached hydrogen (secondary N) is 3. The van der Waals surface area contributed by atoms with Gasteiger partial charge in [0, 0.05) is 24.2 Å². The molecule has 0 radical (unpaired) electrons. The second-order valence-corrected chi connectivity index (χ2v) is 8.83. The van der Waals surface area contributed by atoms with Crippen LogP contribution in [-0.2, 0) is 19.7 Å². The summed E-state index contributed by atoms with van der Waals surface area (Å²) in [5.74, 6) is -3.54. The van der Waals surface area contributed by atoms with E-state index in [2.05, 4.69) is 5.32 Å². The molecule has 3 rings (SSSR count). The number of amides is 3. The average Bonchev–Trinajstić information content (AvgIpc) is 2.87. The molecule has 192 valence electrons. The topological polar surface area (TPSA) is 112 Å². The number of amidine groups is 1. The molecule has 1 aliphatic heterocycles. The third-order valence-electron chi connectivity index (χ3n) is 5.95. The number of carbonyl (C=O) groups excluding carboxylic acids is 3. The van der Waals surface area contributed by atoms with Gasteiger partial charge in [-0.25, -0.2) is 0 Å². The molecule has 36 heavy (non-hydrogen) atoms. The van der Waals surface area contributed by atoms with Crippen molar-refractivity contribution < 1.29 is 32.3 Å². The first kappa shape index (κ1) is 26.9. The number of hydrogen-bond donors (Lipinski definition) is 3. The van der Waals surface area contributed by atoms with Gasteiger partial charge in [0.1, 0.15) is 5.84 Å². The maximum atomic E-state index is 13.4. The molecule has 8 nitrogen and oxygen atoms in total. The lowest BCUT2D eigenvalue weighted by Crippen LogP contribution is -2.57. The van der Waals surface area contributed by atoms with Crippen LogP contribution in [0.1, 0.15) is 35.3 Å². The predicted octanol–water partition coefficient (Wildman–Crippen LogP) is 2.63. The third-order valence-corrected chi connectivity index (χ3v) is 5.95. The second-order valence-electron chi connectivity index (χ2n) is 8.83. The number of morpholine rings is 1. The maximum absolute atomic E-state index is 13.4. The molecule has 1 fully saturated rings. The summed E-state index contributed by atoms with van der Waals surface area (Å²) in [4.78, 5) is 38.8. The summed E-state index contributed by atoms with van der Waals surface area (Å²) in [6, 6.07) is 14.2. The molecule has 2 aromatic carbocycles. The fourth-order valence-corrected chi connectivity index (χ4v) is 3.79. The Morgan fingerprint density at radius 1 is 1.03 bits per heavy atom. The molecule has 3 amide bonds. The van der Waals surface area contributed by atoms with Gasteiger partial charge < -0.3 is 20.3 Å². The number of nitrogens with zero attached hydrogens (tertiary/aromatic N) is 1. The molecule has 1 heterocycles. The Morgan fingerprint density at radius 3 is 2.25 bits per heavy atom. The van der Waals surface area contributed by atoms with Crippen LogP contribution >= 0.6 is 0 Å². The SMILES string of the molecule is CC(C)(C(=O)N1CCOCC1CNC(=O)c1ccc(C(=N)NC(=O)C(F)(F)F)cc1)c1ccccc1. The molecular formula is C25H27F3N4O4. The summed E-state index contributed by atoms with van der Waals surface area (Å²) in [5, 5.41) is 11.8. The van der Waals surface area contributed by atoms with E-state index in [1.807, 2.05) is 44.2 Å². The number of hydrogen-bond acceptors (Lipinski definition) is 5. The summed E-state index contributed by atoms with van der Waals surface area (Å²) in [7, 11) is 0. The zero-order chi connectivity index (χ0) is 26.5. The second kappa shape index (κ2) is 10.9. The minimum Gasteiger partial charge on any atom is -0.377 e. The normalized spacial score (nSPS) is 16.2. The lowest BCUT2D eigenvalue weighted by atomic mass is 9.82. The number of benzene rings is 2. The van der Waals surface area contributed by atoms with E-state index < -0.39 is 29.2 Å². The van der Waals surface area contributed by atoms with Gasteiger partial charge in [0.15, 0.2) is 0 Å². The zero-order valence-electron chi connectivity index (χ0n) is 19.8. The van der Waals surface area contributed by atoms with Crippen molar-refractivity contribution in [3.8, 4) is 0 Å². The highest BCUT2D eigenvalue weighted by Crippen LogP contribution is 2.27. The highest BCUT2D eigenvalue weighted by molar-refractivity contribution is 6.08. The molecule has 3 N–H and O–H groups in total. The lowest BCUT2D eigenvalue weighted by molar-refractivity contribution is -0.171. The fourth-order valence-electron chi connectivity index (χ4n) is 3.79. The van der Waals surface area contributed by atoms with Crippen LogP contribution < -0.4 is 10.6 Å². The summed E-state index contributed by atoms with van der Waals surface area (Å²) < 4.78 is 42.6. The summed E-state index contributed by atoms with van der Waals surface area (Å²) >= 11 is 0. The molecule has 0 spiro atoms. The van der Waals surface area contributed by atoms with Gasteiger partial charge in [0.25, 0.3) is 5.91 Å². The molecule has 0 aromatic heterocycles. The van der Waals surface area contributed by atoms with Crippen molar-refractivity contribution in [2.45, 2.75) is 31.5 Å². The molecule has 2 aromatic rings. The van der Waals surface area contributed by atoms with Crippen molar-refractivity contribution in [1.82, 2.24) is 15.5 Å². The summed E-state index contributed by atoms with van der Waals surface area (Å²) in [6.45, 7) is 4.87. The van der Waals surface area contributed by atoms with Gasteiger partial charge in [-0.3, -0.25) is 19.8 Å². The van der Waals surface area contributed by atoms with Gasteiger partial charge in [0.05, 0.1) is 24.7 Å². The van der Waals surface area contributed by atoms with Crippen LogP contribution in [0.4, 0.5) is 13.2 Å². The van der Waals surface area contributed by atoms with Gasteiger partial charge in [-0.15, -0.1) is 0 Å². The quantitative estimate of drug-likeness (QED) is 0.415. The van der Waals surface area contributed by atoms with E-state index >= 15 is 0 Å². The van der Waals surface area contributed by atoms with Crippen molar-refractivity contribution >= 4 is 23.6 Å². The van der Waals surface area contributed by atoms with Crippen molar-refractivity contribution in [2.24, 2.45) is 0 Å². The zero-order valence-corrected chi connectivity index (χ0v) is 19.8. The largest absolute Gasteiger partial charge is 0.471 e. The van der Waals surface area contributed by atoms with Crippen molar-refractivity contribution in [1.29, 1.82) is 5.41 Å². The Morgan fingerprint density at radius 2 is 1.64 bits per heavy atom. The molecule has 0 bridgehead atoms. The number of halogens is 3. The maximum Gasteiger partial charge on any atom is 0.471 e. The summed E-state index contributed by atoms with van der Waals surface area (Å²) in [6.07, 6.45) is -5.11. The van der Waals surface area contributed by atoms with Crippen molar-refractivity contribution in [3.05, 3.63) is 71.3 Å². The van der Waals surface area contributed by atoms with E-state index in [1.54, 1.807) is 4.90 Å². The Hall–Kier alpha value is -3.73. The van der Waals surface area contributed by atoms with E-state index in [4.69, 9.17) is 10.1 Å². The van der Waals surface area contributed by atoms with Crippen LogP contribution in [-0.4, -0.2) is 67.0 Å². The number of alkyl halides is 3. The first-order valence-corrected chi connectivity index (χ1v) is 11.2. The molecule has 1 atom stereocenters. The van der Waals surface area contributed by atoms with Gasteiger partial charge in [-0.2, -0.15) is 13.2 Å². The molecule has 0 aliphatic carbocycles. The molecule has 1 unspecified atom stereocenters. The Balaban J connectivity index is 1.62. The van der Waals surface area contributed by atoms with Crippen LogP contribution in [0.3, 0.4) is 0 Å². The minimum absolute atomic E-state index is 0.00439. The monoisotopic (exact) mass is 504 g/mol. The molecule has 0 saturated carbocycles. The Kier molecular flexibility index (Phi) is 8.13. The number of ether oxygens (including phenoxy) is 1. The van der Waals surface area contributed by atoms with Gasteiger partial charge in [-0.1, -0.05) is 42.5 Å². The van der Waals surface area contributed by atoms with Crippen LogP contribution in [0, 0.1) is 5.41 Å². The smallest absolute Gasteiger partial charge is 0.377 e. The van der Waals surface area contributed by atoms with Gasteiger partial charge in [0.2, 0.25) is 5.91 Å². The molecular weight excluding hydrogens is 477 g/mol. The molecule has 1 aliphatic rings. The van der Waals surface area contributed by atoms with E-state index in [-0.39, 0.29) is 36.2 Å². The molecule has 1 saturated heterocycles. The molecule has 11 heteroatoms. The van der Waals surface area contributed by atoms with E-state index in [0.29, 0.717) is 13.2 Å². The van der Waals surface area contributed by atoms with Crippen molar-refractivity contribution in [3.63, 3.8) is 0 Å². The lowest BCUT2D eigenvalue weighted by Gasteiger charge is -2.40. The Labute approximate surface area is 206 Å². The van der Waals surface area contributed by atoms with Crippen LogP contribution in [0.5, 0.6) is 0 Å². The first-order chi connectivity index (χ1) is 16.9. The highest BCUT2D eigenvalue weighted by atomic mass is 19.4. The average molecular weight is 505 g/mol. The predicted molar refractivity (Wildman–Crippen MR) is 126 cm³/mol. The number of carbonyl (C=O) groups is 3. The van der Waals surface area contributed by atoms with Crippen molar-refractivity contribution in [2.75, 3.05) is 26.3 Å². The van der Waals surface area contributed by atoms with Crippen LogP contribution in [0.25, 0.3) is 0 Å². The van der Waals surface area contributed by atoms with Crippen LogP contribution in [0.2, 0.25) is 0 Å². The highest BCUT2D eigenvalue weighted by Gasteiger charge is 2.39. The van der Waals surface area contributed by atoms with E-state index in [0.717, 1.165) is 5.56 Å². The van der Waals surface area contributed by atoms with E-state index in [1.165, 1.54) is 29.6 Å². The Bertz CT molecular complexity index is 1120. The number of rotatable bonds is 6. The van der Waals surface area contributed by atoms with Gasteiger partial charge >= 0.3 is 12.1 Å². The fraction of sp³-hybridized carbons (Fsp3) is 0.360. The summed E-state index contributed by atoms with van der Waals surface area (Å²) in [5.41, 5.74) is 0.307. The van der Waals surface area contributed by atoms with E-state index in [9.17, 15) is 27.6 Å².